The van der Waals surface area contributed by atoms with E-state index in [9.17, 15) is 0 Å². The van der Waals surface area contributed by atoms with Gasteiger partial charge in [-0.1, -0.05) is 6.08 Å². The van der Waals surface area contributed by atoms with Crippen LogP contribution in [0.2, 0.25) is 0 Å². The van der Waals surface area contributed by atoms with Gasteiger partial charge < -0.3 is 0 Å². The van der Waals surface area contributed by atoms with E-state index in [0.29, 0.717) is 13.2 Å². The number of fused-ring (bicyclic) bond motifs is 3. The fraction of sp³-hybridized carbons (Fsp3) is 0.109. The molecular weight excluding hydrogens is 790 g/mol. The van der Waals surface area contributed by atoms with Gasteiger partial charge in [0.15, 0.2) is 0 Å². The molecule has 0 N–H and O–H groups in total. The first-order valence-electron chi connectivity index (χ1n) is 16.7. The van der Waals surface area contributed by atoms with Crippen molar-refractivity contribution >= 4 is 29.3 Å². The fourth-order valence-electron chi connectivity index (χ4n) is 6.97. The Kier molecular flexibility index (Phi) is 10.0. The van der Waals surface area contributed by atoms with Crippen LogP contribution in [0.4, 0.5) is 0 Å². The van der Waals surface area contributed by atoms with Gasteiger partial charge in [0.1, 0.15) is 0 Å². The summed E-state index contributed by atoms with van der Waals surface area (Å²) in [6.45, 7) is 5.35. The number of benzene rings is 5. The Hall–Kier alpha value is -4.57. The Morgan fingerprint density at radius 3 is 1.84 bits per heavy atom. The van der Waals surface area contributed by atoms with Gasteiger partial charge in [-0.05, 0) is 6.92 Å². The van der Waals surface area contributed by atoms with Crippen LogP contribution in [0.5, 0.6) is 0 Å². The van der Waals surface area contributed by atoms with Crippen molar-refractivity contribution in [1.29, 1.82) is 0 Å². The van der Waals surface area contributed by atoms with Crippen LogP contribution in [0.15, 0.2) is 168 Å². The fourth-order valence-corrected chi connectivity index (χ4v) is 12.7. The average molecular weight is 827 g/mol. The summed E-state index contributed by atoms with van der Waals surface area (Å²) in [5.74, 6) is 7.40. The number of allylic oxidation sites excluding steroid dienone is 5. The molecule has 2 aliphatic rings. The molecule has 1 fully saturated rings. The molecule has 1 aliphatic heterocycles. The first-order valence-corrected chi connectivity index (χ1v) is 19.7. The van der Waals surface area contributed by atoms with Gasteiger partial charge in [0.05, 0.1) is 0 Å². The summed E-state index contributed by atoms with van der Waals surface area (Å²) in [7, 11) is -2.43. The van der Waals surface area contributed by atoms with E-state index in [0.717, 1.165) is 22.9 Å². The van der Waals surface area contributed by atoms with Crippen LogP contribution in [0.25, 0.3) is 17.2 Å². The molecular formula is C46H37OOsP+. The summed E-state index contributed by atoms with van der Waals surface area (Å²) in [4.78, 5) is 0. The van der Waals surface area contributed by atoms with Crippen molar-refractivity contribution in [3.63, 3.8) is 0 Å². The van der Waals surface area contributed by atoms with Crippen LogP contribution >= 0.6 is 7.26 Å². The monoisotopic (exact) mass is 828 g/mol. The third-order valence-corrected chi connectivity index (χ3v) is 14.7. The van der Waals surface area contributed by atoms with Crippen molar-refractivity contribution in [1.82, 2.24) is 0 Å². The summed E-state index contributed by atoms with van der Waals surface area (Å²) in [6.07, 6.45) is 9.67. The summed E-state index contributed by atoms with van der Waals surface area (Å²) in [5, 5.41) is 4.97. The third-order valence-electron chi connectivity index (χ3n) is 9.31. The van der Waals surface area contributed by atoms with E-state index in [1.165, 1.54) is 54.9 Å². The zero-order valence-electron chi connectivity index (χ0n) is 27.8. The van der Waals surface area contributed by atoms with Crippen molar-refractivity contribution in [3.05, 3.63) is 190 Å². The molecule has 5 aromatic rings. The molecule has 0 atom stereocenters. The van der Waals surface area contributed by atoms with Crippen LogP contribution in [0.1, 0.15) is 36.1 Å². The van der Waals surface area contributed by atoms with Gasteiger partial charge in [-0.3, -0.25) is 0 Å². The predicted molar refractivity (Wildman–Crippen MR) is 205 cm³/mol. The Morgan fingerprint density at radius 2 is 1.27 bits per heavy atom. The predicted octanol–water partition coefficient (Wildman–Crippen LogP) is 9.30. The molecule has 7 rings (SSSR count). The van der Waals surface area contributed by atoms with Crippen LogP contribution in [0.3, 0.4) is 0 Å². The molecule has 5 aromatic carbocycles. The van der Waals surface area contributed by atoms with Gasteiger partial charge in [0, 0.05) is 0 Å². The molecule has 1 aliphatic carbocycles. The van der Waals surface area contributed by atoms with E-state index in [2.05, 4.69) is 182 Å². The Morgan fingerprint density at radius 1 is 0.694 bits per heavy atom. The first kappa shape index (κ1) is 32.9. The van der Waals surface area contributed by atoms with E-state index >= 15 is 0 Å². The zero-order valence-corrected chi connectivity index (χ0v) is 31.2. The molecule has 1 heterocycles. The molecule has 0 bridgehead atoms. The van der Waals surface area contributed by atoms with Gasteiger partial charge in [0.25, 0.3) is 0 Å². The SMILES string of the molecule is CC=C1COCC1=CC(C#Cc1ccc2c(c1)-c1cc(/C=C/C)ccc1C2)=C([C]#[Os])[P+](c1ccccc1)(c1ccccc1)c1ccccc1. The van der Waals surface area contributed by atoms with Gasteiger partial charge in [0.2, 0.25) is 0 Å². The van der Waals surface area contributed by atoms with E-state index in [1.807, 2.05) is 0 Å². The van der Waals surface area contributed by atoms with E-state index in [1.54, 1.807) is 17.9 Å². The first-order chi connectivity index (χ1) is 24.1. The average Bonchev–Trinajstić information content (AvgIpc) is 3.77. The Balaban J connectivity index is 1.50. The van der Waals surface area contributed by atoms with Crippen molar-refractivity contribution in [2.24, 2.45) is 0 Å². The Labute approximate surface area is 301 Å². The number of hydrogen-bond donors (Lipinski definition) is 0. The van der Waals surface area contributed by atoms with Crippen LogP contribution < -0.4 is 15.9 Å². The van der Waals surface area contributed by atoms with Crippen LogP contribution in [0, 0.1) is 16.2 Å². The molecule has 1 saturated heterocycles. The molecule has 3 heteroatoms. The quantitative estimate of drug-likeness (QED) is 0.120. The number of rotatable bonds is 6. The van der Waals surface area contributed by atoms with Crippen molar-refractivity contribution in [2.45, 2.75) is 20.3 Å². The third kappa shape index (κ3) is 6.46. The maximum atomic E-state index is 5.97. The molecule has 239 valence electrons. The van der Waals surface area contributed by atoms with Crippen LogP contribution in [-0.4, -0.2) is 13.2 Å². The number of hydrogen-bond acceptors (Lipinski definition) is 1. The second-order valence-electron chi connectivity index (χ2n) is 12.2. The molecule has 0 unspecified atom stereocenters. The van der Waals surface area contributed by atoms with Crippen LogP contribution in [-0.2, 0) is 29.1 Å². The van der Waals surface area contributed by atoms with Gasteiger partial charge >= 0.3 is 290 Å². The zero-order chi connectivity index (χ0) is 33.6. The van der Waals surface area contributed by atoms with E-state index in [4.69, 9.17) is 4.74 Å². The molecule has 0 spiro atoms. The molecule has 0 saturated carbocycles. The topological polar surface area (TPSA) is 9.23 Å². The minimum atomic E-state index is -2.43. The second-order valence-corrected chi connectivity index (χ2v) is 16.2. The minimum absolute atomic E-state index is 0.571. The standard InChI is InChI=1S/C46H37OP.Os/c1-4-15-35-23-26-39-31-40-27-24-36(29-46(40)45(39)28-35)22-25-38(30-41-33-47-32-37(41)5-2)34(3)48(42-16-9-6-10-17-42,43-18-11-7-12-19-43)44-20-13-8-14-21-44;/h4-21,23-24,26-30H,31-33H2,1-2H3;/q+1;/b15-4+,37-5?,38-34?,41-30?;. The van der Waals surface area contributed by atoms with Crippen molar-refractivity contribution in [2.75, 3.05) is 13.2 Å². The molecule has 0 amide bonds. The summed E-state index contributed by atoms with van der Waals surface area (Å²) in [6, 6.07) is 46.4. The summed E-state index contributed by atoms with van der Waals surface area (Å²) < 4.78 is 9.76. The van der Waals surface area contributed by atoms with Gasteiger partial charge in [-0.15, -0.1) is 0 Å². The van der Waals surface area contributed by atoms with Crippen molar-refractivity contribution in [3.8, 4) is 27.3 Å². The normalized spacial score (nSPS) is 15.8. The van der Waals surface area contributed by atoms with Gasteiger partial charge in [-0.25, -0.2) is 0 Å². The van der Waals surface area contributed by atoms with E-state index in [-0.39, 0.29) is 0 Å². The summed E-state index contributed by atoms with van der Waals surface area (Å²) >= 11 is 1.79. The molecule has 0 radical (unpaired) electrons. The number of ether oxygens (including phenoxy) is 1. The molecule has 0 aromatic heterocycles. The Bertz CT molecular complexity index is 2140. The van der Waals surface area contributed by atoms with Gasteiger partial charge in [-0.2, -0.15) is 0 Å². The molecule has 49 heavy (non-hydrogen) atoms. The maximum absolute atomic E-state index is 5.97. The van der Waals surface area contributed by atoms with E-state index < -0.39 is 7.26 Å². The van der Waals surface area contributed by atoms with Crippen molar-refractivity contribution < 1.29 is 22.7 Å². The molecule has 1 nitrogen and oxygen atoms in total. The summed E-state index contributed by atoms with van der Waals surface area (Å²) in [5.41, 5.74) is 10.9. The second kappa shape index (κ2) is 14.9.